The molecular formula is C10H17N3O. The molecule has 4 heteroatoms. The summed E-state index contributed by atoms with van der Waals surface area (Å²) >= 11 is 0. The number of nitrogens with zero attached hydrogens (tertiary/aromatic N) is 2. The van der Waals surface area contributed by atoms with E-state index in [2.05, 4.69) is 10.4 Å². The number of carbonyl (C=O) groups is 1. The zero-order valence-corrected chi connectivity index (χ0v) is 8.95. The second-order valence-electron chi connectivity index (χ2n) is 3.34. The van der Waals surface area contributed by atoms with Crippen LogP contribution in [0.4, 0.5) is 5.82 Å². The van der Waals surface area contributed by atoms with Crippen LogP contribution in [0, 0.1) is 5.92 Å². The molecule has 0 fully saturated rings. The van der Waals surface area contributed by atoms with E-state index in [0.717, 1.165) is 18.7 Å². The highest BCUT2D eigenvalue weighted by atomic mass is 16.2. The van der Waals surface area contributed by atoms with Crippen molar-refractivity contribution in [2.45, 2.75) is 26.7 Å². The summed E-state index contributed by atoms with van der Waals surface area (Å²) in [6, 6.07) is 1.79. The third kappa shape index (κ3) is 2.34. The molecule has 0 saturated carbocycles. The highest BCUT2D eigenvalue weighted by Gasteiger charge is 2.14. The van der Waals surface area contributed by atoms with Gasteiger partial charge in [0.2, 0.25) is 5.91 Å². The molecule has 0 saturated heterocycles. The fraction of sp³-hybridized carbons (Fsp3) is 0.600. The summed E-state index contributed by atoms with van der Waals surface area (Å²) in [7, 11) is 1.81. The lowest BCUT2D eigenvalue weighted by molar-refractivity contribution is -0.120. The van der Waals surface area contributed by atoms with Crippen molar-refractivity contribution in [3.05, 3.63) is 12.3 Å². The van der Waals surface area contributed by atoms with Crippen LogP contribution in [0.2, 0.25) is 0 Å². The lowest BCUT2D eigenvalue weighted by Gasteiger charge is -2.12. The fourth-order valence-electron chi connectivity index (χ4n) is 1.38. The molecule has 0 bridgehead atoms. The average Bonchev–Trinajstić information content (AvgIpc) is 2.54. The van der Waals surface area contributed by atoms with E-state index in [1.165, 1.54) is 0 Å². The Kier molecular flexibility index (Phi) is 3.68. The molecule has 0 unspecified atom stereocenters. The number of anilines is 1. The van der Waals surface area contributed by atoms with Gasteiger partial charge in [-0.15, -0.1) is 0 Å². The van der Waals surface area contributed by atoms with Gasteiger partial charge in [0.1, 0.15) is 5.82 Å². The summed E-state index contributed by atoms with van der Waals surface area (Å²) in [4.78, 5) is 11.7. The van der Waals surface area contributed by atoms with E-state index in [-0.39, 0.29) is 11.8 Å². The number of rotatable bonds is 4. The average molecular weight is 195 g/mol. The molecule has 0 spiro atoms. The molecule has 0 aliphatic heterocycles. The molecule has 1 N–H and O–H groups in total. The van der Waals surface area contributed by atoms with Gasteiger partial charge < -0.3 is 5.32 Å². The van der Waals surface area contributed by atoms with Gasteiger partial charge in [-0.1, -0.05) is 13.8 Å². The monoisotopic (exact) mass is 195 g/mol. The molecule has 0 aliphatic rings. The molecule has 78 valence electrons. The van der Waals surface area contributed by atoms with Crippen molar-refractivity contribution < 1.29 is 4.79 Å². The summed E-state index contributed by atoms with van der Waals surface area (Å²) < 4.78 is 1.65. The van der Waals surface area contributed by atoms with E-state index in [1.807, 2.05) is 20.9 Å². The zero-order chi connectivity index (χ0) is 10.6. The van der Waals surface area contributed by atoms with Crippen LogP contribution in [0.15, 0.2) is 12.3 Å². The molecule has 4 nitrogen and oxygen atoms in total. The van der Waals surface area contributed by atoms with Gasteiger partial charge in [0, 0.05) is 19.0 Å². The predicted octanol–water partition coefficient (Wildman–Crippen LogP) is 1.79. The lowest BCUT2D eigenvalue weighted by atomic mass is 10.0. The van der Waals surface area contributed by atoms with Crippen molar-refractivity contribution in [1.29, 1.82) is 0 Å². The third-order valence-corrected chi connectivity index (χ3v) is 2.43. The Hall–Kier alpha value is -1.32. The first kappa shape index (κ1) is 10.8. The number of hydrogen-bond donors (Lipinski definition) is 1. The molecule has 14 heavy (non-hydrogen) atoms. The lowest BCUT2D eigenvalue weighted by Crippen LogP contribution is -2.22. The van der Waals surface area contributed by atoms with Gasteiger partial charge in [0.05, 0.1) is 6.20 Å². The first-order valence-electron chi connectivity index (χ1n) is 4.97. The molecule has 1 heterocycles. The number of nitrogens with one attached hydrogen (secondary N) is 1. The predicted molar refractivity (Wildman–Crippen MR) is 55.9 cm³/mol. The normalized spacial score (nSPS) is 10.6. The topological polar surface area (TPSA) is 46.9 Å². The van der Waals surface area contributed by atoms with Crippen LogP contribution in [0.5, 0.6) is 0 Å². The Morgan fingerprint density at radius 2 is 2.21 bits per heavy atom. The van der Waals surface area contributed by atoms with Gasteiger partial charge in [-0.2, -0.15) is 5.10 Å². The Morgan fingerprint density at radius 3 is 2.64 bits per heavy atom. The molecule has 1 rings (SSSR count). The van der Waals surface area contributed by atoms with Gasteiger partial charge in [-0.25, -0.2) is 0 Å². The van der Waals surface area contributed by atoms with Crippen LogP contribution >= 0.6 is 0 Å². The SMILES string of the molecule is CCC(CC)C(=O)Nc1ccnn1C. The second kappa shape index (κ2) is 4.79. The fourth-order valence-corrected chi connectivity index (χ4v) is 1.38. The minimum atomic E-state index is 0.0820. The highest BCUT2D eigenvalue weighted by Crippen LogP contribution is 2.11. The van der Waals surface area contributed by atoms with E-state index in [0.29, 0.717) is 0 Å². The van der Waals surface area contributed by atoms with E-state index < -0.39 is 0 Å². The van der Waals surface area contributed by atoms with Crippen molar-refractivity contribution in [2.75, 3.05) is 5.32 Å². The summed E-state index contributed by atoms with van der Waals surface area (Å²) in [5.74, 6) is 0.936. The van der Waals surface area contributed by atoms with Crippen LogP contribution in [-0.4, -0.2) is 15.7 Å². The van der Waals surface area contributed by atoms with Crippen molar-refractivity contribution in [3.8, 4) is 0 Å². The maximum absolute atomic E-state index is 11.7. The van der Waals surface area contributed by atoms with Crippen molar-refractivity contribution in [3.63, 3.8) is 0 Å². The quantitative estimate of drug-likeness (QED) is 0.796. The molecule has 0 atom stereocenters. The number of aromatic nitrogens is 2. The Morgan fingerprint density at radius 1 is 1.57 bits per heavy atom. The number of amides is 1. The summed E-state index contributed by atoms with van der Waals surface area (Å²) in [6.07, 6.45) is 3.42. The summed E-state index contributed by atoms with van der Waals surface area (Å²) in [5, 5.41) is 6.84. The second-order valence-corrected chi connectivity index (χ2v) is 3.34. The van der Waals surface area contributed by atoms with Gasteiger partial charge in [0.25, 0.3) is 0 Å². The minimum absolute atomic E-state index is 0.0820. The molecule has 0 aliphatic carbocycles. The largest absolute Gasteiger partial charge is 0.311 e. The molecule has 1 aromatic heterocycles. The zero-order valence-electron chi connectivity index (χ0n) is 8.95. The van der Waals surface area contributed by atoms with Crippen molar-refractivity contribution in [2.24, 2.45) is 13.0 Å². The molecule has 0 aromatic carbocycles. The summed E-state index contributed by atoms with van der Waals surface area (Å²) in [6.45, 7) is 4.05. The van der Waals surface area contributed by atoms with Gasteiger partial charge in [0.15, 0.2) is 0 Å². The first-order valence-corrected chi connectivity index (χ1v) is 4.97. The van der Waals surface area contributed by atoms with Gasteiger partial charge in [-0.05, 0) is 12.8 Å². The number of hydrogen-bond acceptors (Lipinski definition) is 2. The number of carbonyl (C=O) groups excluding carboxylic acids is 1. The van der Waals surface area contributed by atoms with E-state index >= 15 is 0 Å². The Labute approximate surface area is 84.3 Å². The number of aryl methyl sites for hydroxylation is 1. The van der Waals surface area contributed by atoms with Gasteiger partial charge in [-0.3, -0.25) is 9.48 Å². The Balaban J connectivity index is 2.61. The van der Waals surface area contributed by atoms with Gasteiger partial charge >= 0.3 is 0 Å². The highest BCUT2D eigenvalue weighted by molar-refractivity contribution is 5.91. The first-order chi connectivity index (χ1) is 6.69. The summed E-state index contributed by atoms with van der Waals surface area (Å²) in [5.41, 5.74) is 0. The maximum atomic E-state index is 11.7. The molecular weight excluding hydrogens is 178 g/mol. The molecule has 0 radical (unpaired) electrons. The smallest absolute Gasteiger partial charge is 0.228 e. The Bertz CT molecular complexity index is 302. The van der Waals surface area contributed by atoms with Crippen LogP contribution in [0.25, 0.3) is 0 Å². The van der Waals surface area contributed by atoms with Crippen LogP contribution in [0.1, 0.15) is 26.7 Å². The van der Waals surface area contributed by atoms with Crippen LogP contribution in [0.3, 0.4) is 0 Å². The van der Waals surface area contributed by atoms with Crippen molar-refractivity contribution >= 4 is 11.7 Å². The van der Waals surface area contributed by atoms with Crippen LogP contribution in [-0.2, 0) is 11.8 Å². The van der Waals surface area contributed by atoms with Crippen molar-refractivity contribution in [1.82, 2.24) is 9.78 Å². The van der Waals surface area contributed by atoms with E-state index in [4.69, 9.17) is 0 Å². The molecule has 1 amide bonds. The third-order valence-electron chi connectivity index (χ3n) is 2.43. The minimum Gasteiger partial charge on any atom is -0.311 e. The van der Waals surface area contributed by atoms with Crippen LogP contribution < -0.4 is 5.32 Å². The standard InChI is InChI=1S/C10H17N3O/c1-4-8(5-2)10(14)12-9-6-7-11-13(9)3/h6-8H,4-5H2,1-3H3,(H,12,14). The maximum Gasteiger partial charge on any atom is 0.228 e. The van der Waals surface area contributed by atoms with E-state index in [1.54, 1.807) is 16.9 Å². The van der Waals surface area contributed by atoms with E-state index in [9.17, 15) is 4.79 Å². The molecule has 1 aromatic rings.